The molecule has 3 aromatic rings. The number of ether oxygens (including phenoxy) is 2. The van der Waals surface area contributed by atoms with Gasteiger partial charge >= 0.3 is 5.97 Å². The van der Waals surface area contributed by atoms with Gasteiger partial charge in [-0.3, -0.25) is 9.88 Å². The standard InChI is InChI=1S/C27H29ClN2O3/c1-3-17-16-30-13-11-19(17)14-25(30)26(33-27(31)18-4-6-20(28)7-5-18)22-10-12-29-24-9-8-21(32-2)15-23(22)24/h4-10,12,15,17,19,25-26H,3,11,13-14,16H2,1-2H3/t17-,19-,25+,26-/m1/s1. The summed E-state index contributed by atoms with van der Waals surface area (Å²) >= 11 is 6.03. The van der Waals surface area contributed by atoms with Gasteiger partial charge in [0.15, 0.2) is 0 Å². The molecule has 3 fully saturated rings. The van der Waals surface area contributed by atoms with Gasteiger partial charge in [0, 0.05) is 28.7 Å². The Morgan fingerprint density at radius 1 is 1.21 bits per heavy atom. The number of pyridine rings is 1. The van der Waals surface area contributed by atoms with Gasteiger partial charge in [-0.1, -0.05) is 24.9 Å². The van der Waals surface area contributed by atoms with Gasteiger partial charge in [-0.25, -0.2) is 4.79 Å². The summed E-state index contributed by atoms with van der Waals surface area (Å²) < 4.78 is 11.8. The van der Waals surface area contributed by atoms with Crippen LogP contribution in [0.2, 0.25) is 5.02 Å². The van der Waals surface area contributed by atoms with Crippen LogP contribution in [0.5, 0.6) is 5.75 Å². The van der Waals surface area contributed by atoms with E-state index >= 15 is 0 Å². The number of benzene rings is 2. The molecule has 0 aliphatic carbocycles. The maximum atomic E-state index is 13.2. The third kappa shape index (κ3) is 4.32. The highest BCUT2D eigenvalue weighted by Crippen LogP contribution is 2.44. The molecule has 2 aromatic carbocycles. The van der Waals surface area contributed by atoms with E-state index < -0.39 is 6.10 Å². The molecule has 4 heterocycles. The third-order valence-electron chi connectivity index (χ3n) is 7.41. The molecule has 5 nitrogen and oxygen atoms in total. The van der Waals surface area contributed by atoms with Crippen molar-refractivity contribution in [1.29, 1.82) is 0 Å². The lowest BCUT2D eigenvalue weighted by molar-refractivity contribution is -0.0659. The number of carbonyl (C=O) groups excluding carboxylic acids is 1. The molecule has 5 atom stereocenters. The molecular formula is C27H29ClN2O3. The van der Waals surface area contributed by atoms with Crippen LogP contribution in [0.4, 0.5) is 0 Å². The van der Waals surface area contributed by atoms with Gasteiger partial charge < -0.3 is 9.47 Å². The molecule has 0 radical (unpaired) electrons. The van der Waals surface area contributed by atoms with Gasteiger partial charge in [-0.05, 0) is 79.8 Å². The summed E-state index contributed by atoms with van der Waals surface area (Å²) in [6.07, 6.45) is 4.85. The number of piperidine rings is 3. The summed E-state index contributed by atoms with van der Waals surface area (Å²) in [6, 6.07) is 14.9. The van der Waals surface area contributed by atoms with Crippen LogP contribution in [-0.2, 0) is 4.74 Å². The Morgan fingerprint density at radius 2 is 2.03 bits per heavy atom. The summed E-state index contributed by atoms with van der Waals surface area (Å²) in [7, 11) is 1.66. The molecule has 1 unspecified atom stereocenters. The minimum absolute atomic E-state index is 0.139. The van der Waals surface area contributed by atoms with Crippen LogP contribution >= 0.6 is 11.6 Å². The fourth-order valence-electron chi connectivity index (χ4n) is 5.60. The van der Waals surface area contributed by atoms with Gasteiger partial charge in [0.2, 0.25) is 0 Å². The molecule has 3 aliphatic heterocycles. The number of halogens is 1. The van der Waals surface area contributed by atoms with Crippen molar-refractivity contribution in [3.8, 4) is 5.75 Å². The zero-order chi connectivity index (χ0) is 22.9. The number of aromatic nitrogens is 1. The van der Waals surface area contributed by atoms with Gasteiger partial charge in [0.25, 0.3) is 0 Å². The van der Waals surface area contributed by atoms with Crippen LogP contribution in [0.3, 0.4) is 0 Å². The molecule has 2 bridgehead atoms. The minimum Gasteiger partial charge on any atom is -0.497 e. The first-order chi connectivity index (χ1) is 16.1. The highest BCUT2D eigenvalue weighted by atomic mass is 35.5. The Morgan fingerprint density at radius 3 is 2.73 bits per heavy atom. The van der Waals surface area contributed by atoms with Crippen molar-refractivity contribution < 1.29 is 14.3 Å². The van der Waals surface area contributed by atoms with Crippen LogP contribution in [0.25, 0.3) is 10.9 Å². The van der Waals surface area contributed by atoms with Crippen LogP contribution in [-0.4, -0.2) is 42.1 Å². The molecule has 0 saturated carbocycles. The second kappa shape index (κ2) is 9.32. The maximum absolute atomic E-state index is 13.2. The molecule has 6 rings (SSSR count). The number of rotatable bonds is 6. The van der Waals surface area contributed by atoms with Crippen molar-refractivity contribution in [3.05, 3.63) is 70.9 Å². The first-order valence-corrected chi connectivity index (χ1v) is 12.1. The second-order valence-corrected chi connectivity index (χ2v) is 9.57. The van der Waals surface area contributed by atoms with Crippen molar-refractivity contribution in [1.82, 2.24) is 9.88 Å². The van der Waals surface area contributed by atoms with Crippen LogP contribution < -0.4 is 4.74 Å². The van der Waals surface area contributed by atoms with Crippen LogP contribution in [0.15, 0.2) is 54.7 Å². The number of carbonyl (C=O) groups is 1. The molecule has 0 amide bonds. The Balaban J connectivity index is 1.55. The highest BCUT2D eigenvalue weighted by Gasteiger charge is 2.44. The average Bonchev–Trinajstić information content (AvgIpc) is 2.87. The number of nitrogens with zero attached hydrogens (tertiary/aromatic N) is 2. The summed E-state index contributed by atoms with van der Waals surface area (Å²) in [5.41, 5.74) is 2.35. The van der Waals surface area contributed by atoms with Crippen molar-refractivity contribution in [2.75, 3.05) is 20.2 Å². The summed E-state index contributed by atoms with van der Waals surface area (Å²) in [6.45, 7) is 4.39. The molecule has 0 N–H and O–H groups in total. The van der Waals surface area contributed by atoms with Gasteiger partial charge in [-0.2, -0.15) is 0 Å². The quantitative estimate of drug-likeness (QED) is 0.424. The largest absolute Gasteiger partial charge is 0.497 e. The SMILES string of the molecule is CC[C@@H]1CN2CC[C@@H]1C[C@H]2[C@H](OC(=O)c1ccc(Cl)cc1)c1ccnc2ccc(OC)cc12. The fourth-order valence-corrected chi connectivity index (χ4v) is 5.72. The monoisotopic (exact) mass is 464 g/mol. The number of esters is 1. The molecule has 33 heavy (non-hydrogen) atoms. The summed E-state index contributed by atoms with van der Waals surface area (Å²) in [5, 5.41) is 1.55. The second-order valence-electron chi connectivity index (χ2n) is 9.13. The van der Waals surface area contributed by atoms with Crippen molar-refractivity contribution >= 4 is 28.5 Å². The van der Waals surface area contributed by atoms with Crippen LogP contribution in [0, 0.1) is 11.8 Å². The molecule has 6 heteroatoms. The summed E-state index contributed by atoms with van der Waals surface area (Å²) in [5.74, 6) is 1.82. The zero-order valence-electron chi connectivity index (χ0n) is 19.0. The van der Waals surface area contributed by atoms with E-state index in [9.17, 15) is 4.79 Å². The molecule has 3 saturated heterocycles. The Hall–Kier alpha value is -2.63. The van der Waals surface area contributed by atoms with E-state index in [0.717, 1.165) is 47.6 Å². The number of hydrogen-bond donors (Lipinski definition) is 0. The smallest absolute Gasteiger partial charge is 0.338 e. The lowest BCUT2D eigenvalue weighted by Gasteiger charge is -2.51. The molecular weight excluding hydrogens is 436 g/mol. The van der Waals surface area contributed by atoms with E-state index in [-0.39, 0.29) is 12.0 Å². The van der Waals surface area contributed by atoms with E-state index in [2.05, 4.69) is 16.8 Å². The van der Waals surface area contributed by atoms with Crippen molar-refractivity contribution in [3.63, 3.8) is 0 Å². The topological polar surface area (TPSA) is 51.7 Å². The van der Waals surface area contributed by atoms with Crippen molar-refractivity contribution in [2.24, 2.45) is 11.8 Å². The van der Waals surface area contributed by atoms with E-state index in [0.29, 0.717) is 16.5 Å². The van der Waals surface area contributed by atoms with Gasteiger partial charge in [0.1, 0.15) is 11.9 Å². The molecule has 3 aliphatic rings. The average molecular weight is 465 g/mol. The Labute approximate surface area is 199 Å². The van der Waals surface area contributed by atoms with Crippen molar-refractivity contribution in [2.45, 2.75) is 38.3 Å². The number of fused-ring (bicyclic) bond motifs is 4. The van der Waals surface area contributed by atoms with E-state index in [1.165, 1.54) is 12.8 Å². The summed E-state index contributed by atoms with van der Waals surface area (Å²) in [4.78, 5) is 20.3. The molecule has 0 spiro atoms. The van der Waals surface area contributed by atoms with Gasteiger partial charge in [-0.15, -0.1) is 0 Å². The lowest BCUT2D eigenvalue weighted by Crippen LogP contribution is -2.55. The highest BCUT2D eigenvalue weighted by molar-refractivity contribution is 6.30. The lowest BCUT2D eigenvalue weighted by atomic mass is 9.72. The van der Waals surface area contributed by atoms with E-state index in [1.54, 1.807) is 37.6 Å². The number of methoxy groups -OCH3 is 1. The van der Waals surface area contributed by atoms with Crippen LogP contribution in [0.1, 0.15) is 48.2 Å². The minimum atomic E-state index is -0.397. The Bertz CT molecular complexity index is 1150. The van der Waals surface area contributed by atoms with E-state index in [4.69, 9.17) is 21.1 Å². The predicted molar refractivity (Wildman–Crippen MR) is 130 cm³/mol. The van der Waals surface area contributed by atoms with Gasteiger partial charge in [0.05, 0.1) is 24.2 Å². The van der Waals surface area contributed by atoms with E-state index in [1.807, 2.05) is 24.3 Å². The number of hydrogen-bond acceptors (Lipinski definition) is 5. The first kappa shape index (κ1) is 22.2. The molecule has 172 valence electrons. The zero-order valence-corrected chi connectivity index (χ0v) is 19.8. The first-order valence-electron chi connectivity index (χ1n) is 11.7. The predicted octanol–water partition coefficient (Wildman–Crippen LogP) is 5.92. The Kier molecular flexibility index (Phi) is 6.26. The molecule has 1 aromatic heterocycles. The normalized spacial score (nSPS) is 25.1. The fraction of sp³-hybridized carbons (Fsp3) is 0.407. The third-order valence-corrected chi connectivity index (χ3v) is 7.66. The maximum Gasteiger partial charge on any atom is 0.338 e.